The summed E-state index contributed by atoms with van der Waals surface area (Å²) in [5.41, 5.74) is 5.62. The zero-order valence-corrected chi connectivity index (χ0v) is 12.0. The van der Waals surface area contributed by atoms with Crippen molar-refractivity contribution in [3.63, 3.8) is 0 Å². The van der Waals surface area contributed by atoms with Crippen LogP contribution in [0.3, 0.4) is 0 Å². The summed E-state index contributed by atoms with van der Waals surface area (Å²) in [4.78, 5) is 22.8. The second kappa shape index (κ2) is 9.04. The molecule has 0 aliphatic heterocycles. The third kappa shape index (κ3) is 7.39. The monoisotopic (exact) mass is 277 g/mol. The molecule has 7 heteroatoms. The van der Waals surface area contributed by atoms with Gasteiger partial charge in [0.1, 0.15) is 0 Å². The fraction of sp³-hybridized carbons (Fsp3) is 0.818. The van der Waals surface area contributed by atoms with Gasteiger partial charge in [-0.1, -0.05) is 20.8 Å². The first-order valence-corrected chi connectivity index (χ1v) is 7.52. The SMILES string of the molecule is CCS(=O)CCNC(=O)CNC(=O)[C@@H](N)C(C)C. The van der Waals surface area contributed by atoms with Crippen LogP contribution in [0.15, 0.2) is 0 Å². The summed E-state index contributed by atoms with van der Waals surface area (Å²) in [7, 11) is -0.892. The molecule has 2 amide bonds. The van der Waals surface area contributed by atoms with Crippen LogP contribution in [0.2, 0.25) is 0 Å². The quantitative estimate of drug-likeness (QED) is 0.528. The minimum Gasteiger partial charge on any atom is -0.354 e. The largest absolute Gasteiger partial charge is 0.354 e. The number of rotatable bonds is 8. The van der Waals surface area contributed by atoms with Crippen molar-refractivity contribution in [2.45, 2.75) is 26.8 Å². The minimum atomic E-state index is -0.892. The van der Waals surface area contributed by atoms with Gasteiger partial charge < -0.3 is 16.4 Å². The maximum Gasteiger partial charge on any atom is 0.239 e. The van der Waals surface area contributed by atoms with E-state index in [1.54, 1.807) is 0 Å². The fourth-order valence-electron chi connectivity index (χ4n) is 1.10. The van der Waals surface area contributed by atoms with Crippen LogP contribution in [0.25, 0.3) is 0 Å². The normalized spacial score (nSPS) is 14.1. The Bertz CT molecular complexity index is 308. The lowest BCUT2D eigenvalue weighted by Crippen LogP contribution is -2.47. The summed E-state index contributed by atoms with van der Waals surface area (Å²) in [6.07, 6.45) is 0. The van der Waals surface area contributed by atoms with Gasteiger partial charge in [-0.05, 0) is 5.92 Å². The molecule has 6 nitrogen and oxygen atoms in total. The highest BCUT2D eigenvalue weighted by Gasteiger charge is 2.17. The molecular weight excluding hydrogens is 254 g/mol. The number of nitrogens with two attached hydrogens (primary N) is 1. The third-order valence-electron chi connectivity index (χ3n) is 2.42. The smallest absolute Gasteiger partial charge is 0.239 e. The van der Waals surface area contributed by atoms with E-state index in [-0.39, 0.29) is 24.3 Å². The molecule has 0 aromatic rings. The van der Waals surface area contributed by atoms with Crippen LogP contribution in [-0.4, -0.2) is 46.7 Å². The lowest BCUT2D eigenvalue weighted by Gasteiger charge is -2.15. The summed E-state index contributed by atoms with van der Waals surface area (Å²) >= 11 is 0. The van der Waals surface area contributed by atoms with E-state index < -0.39 is 16.8 Å². The Hall–Kier alpha value is -0.950. The highest BCUT2D eigenvalue weighted by Crippen LogP contribution is 1.97. The van der Waals surface area contributed by atoms with Gasteiger partial charge >= 0.3 is 0 Å². The molecule has 0 aromatic heterocycles. The molecule has 4 N–H and O–H groups in total. The van der Waals surface area contributed by atoms with Crippen LogP contribution in [0.4, 0.5) is 0 Å². The molecule has 0 spiro atoms. The summed E-state index contributed by atoms with van der Waals surface area (Å²) in [5, 5.41) is 5.05. The van der Waals surface area contributed by atoms with Gasteiger partial charge in [0.05, 0.1) is 12.6 Å². The van der Waals surface area contributed by atoms with Crippen molar-refractivity contribution < 1.29 is 13.8 Å². The molecular formula is C11H23N3O3S. The van der Waals surface area contributed by atoms with Crippen molar-refractivity contribution in [1.29, 1.82) is 0 Å². The van der Waals surface area contributed by atoms with Crippen LogP contribution in [0.5, 0.6) is 0 Å². The van der Waals surface area contributed by atoms with Crippen LogP contribution >= 0.6 is 0 Å². The van der Waals surface area contributed by atoms with Gasteiger partial charge in [-0.3, -0.25) is 13.8 Å². The Morgan fingerprint density at radius 3 is 2.39 bits per heavy atom. The molecule has 0 bridgehead atoms. The molecule has 18 heavy (non-hydrogen) atoms. The number of nitrogens with one attached hydrogen (secondary N) is 2. The molecule has 0 aliphatic rings. The topological polar surface area (TPSA) is 101 Å². The molecule has 0 saturated carbocycles. The predicted octanol–water partition coefficient (Wildman–Crippen LogP) is -1.03. The van der Waals surface area contributed by atoms with Crippen LogP contribution < -0.4 is 16.4 Å². The first-order chi connectivity index (χ1) is 8.38. The standard InChI is InChI=1S/C11H23N3O3S/c1-4-18(17)6-5-13-9(15)7-14-11(16)10(12)8(2)3/h8,10H,4-7,12H2,1-3H3,(H,13,15)(H,14,16)/t10-,18?/m0/s1. The zero-order chi connectivity index (χ0) is 14.1. The maximum atomic E-state index is 11.5. The molecule has 0 rings (SSSR count). The first kappa shape index (κ1) is 17.1. The Kier molecular flexibility index (Phi) is 8.57. The first-order valence-electron chi connectivity index (χ1n) is 6.03. The van der Waals surface area contributed by atoms with Gasteiger partial charge in [-0.15, -0.1) is 0 Å². The highest BCUT2D eigenvalue weighted by molar-refractivity contribution is 7.84. The fourth-order valence-corrected chi connectivity index (χ4v) is 1.72. The molecule has 0 aliphatic carbocycles. The van der Waals surface area contributed by atoms with E-state index in [2.05, 4.69) is 10.6 Å². The van der Waals surface area contributed by atoms with Crippen LogP contribution in [0, 0.1) is 5.92 Å². The third-order valence-corrected chi connectivity index (χ3v) is 3.72. The highest BCUT2D eigenvalue weighted by atomic mass is 32.2. The Balaban J connectivity index is 3.77. The molecule has 0 heterocycles. The molecule has 2 atom stereocenters. The summed E-state index contributed by atoms with van der Waals surface area (Å²) < 4.78 is 11.1. The van der Waals surface area contributed by atoms with E-state index in [9.17, 15) is 13.8 Å². The van der Waals surface area contributed by atoms with Crippen molar-refractivity contribution in [1.82, 2.24) is 10.6 Å². The number of hydrogen-bond donors (Lipinski definition) is 3. The van der Waals surface area contributed by atoms with Crippen molar-refractivity contribution in [3.8, 4) is 0 Å². The minimum absolute atomic E-state index is 0.0278. The van der Waals surface area contributed by atoms with E-state index in [0.717, 1.165) is 0 Å². The molecule has 1 unspecified atom stereocenters. The van der Waals surface area contributed by atoms with Crippen molar-refractivity contribution in [2.75, 3.05) is 24.6 Å². The van der Waals surface area contributed by atoms with Gasteiger partial charge in [-0.2, -0.15) is 0 Å². The van der Waals surface area contributed by atoms with E-state index in [1.165, 1.54) is 0 Å². The molecule has 0 saturated heterocycles. The average molecular weight is 277 g/mol. The van der Waals surface area contributed by atoms with Crippen molar-refractivity contribution >= 4 is 22.6 Å². The molecule has 106 valence electrons. The molecule has 0 radical (unpaired) electrons. The van der Waals surface area contributed by atoms with Crippen LogP contribution in [0.1, 0.15) is 20.8 Å². The second-order valence-corrected chi connectivity index (χ2v) is 6.14. The molecule has 0 fully saturated rings. The van der Waals surface area contributed by atoms with E-state index in [4.69, 9.17) is 5.73 Å². The van der Waals surface area contributed by atoms with Crippen molar-refractivity contribution in [2.24, 2.45) is 11.7 Å². The van der Waals surface area contributed by atoms with E-state index in [0.29, 0.717) is 18.1 Å². The lowest BCUT2D eigenvalue weighted by molar-refractivity contribution is -0.127. The summed E-state index contributed by atoms with van der Waals surface area (Å²) in [6, 6.07) is -0.606. The Morgan fingerprint density at radius 1 is 1.28 bits per heavy atom. The number of carbonyl (C=O) groups is 2. The second-order valence-electron chi connectivity index (χ2n) is 4.27. The van der Waals surface area contributed by atoms with Gasteiger partial charge in [-0.25, -0.2) is 0 Å². The van der Waals surface area contributed by atoms with Gasteiger partial charge in [0.25, 0.3) is 0 Å². The number of hydrogen-bond acceptors (Lipinski definition) is 4. The number of carbonyl (C=O) groups excluding carboxylic acids is 2. The van der Waals surface area contributed by atoms with Gasteiger partial charge in [0.15, 0.2) is 0 Å². The Morgan fingerprint density at radius 2 is 1.89 bits per heavy atom. The maximum absolute atomic E-state index is 11.5. The van der Waals surface area contributed by atoms with E-state index >= 15 is 0 Å². The van der Waals surface area contributed by atoms with Crippen LogP contribution in [-0.2, 0) is 20.4 Å². The van der Waals surface area contributed by atoms with Crippen molar-refractivity contribution in [3.05, 3.63) is 0 Å². The summed E-state index contributed by atoms with van der Waals surface area (Å²) in [6.45, 7) is 5.75. The summed E-state index contributed by atoms with van der Waals surface area (Å²) in [5.74, 6) is 0.405. The number of amides is 2. The predicted molar refractivity (Wildman–Crippen MR) is 72.4 cm³/mol. The zero-order valence-electron chi connectivity index (χ0n) is 11.2. The molecule has 0 aromatic carbocycles. The lowest BCUT2D eigenvalue weighted by atomic mass is 10.1. The van der Waals surface area contributed by atoms with E-state index in [1.807, 2.05) is 20.8 Å². The van der Waals surface area contributed by atoms with Gasteiger partial charge in [0, 0.05) is 28.9 Å². The Labute approximate surface area is 111 Å². The van der Waals surface area contributed by atoms with Gasteiger partial charge in [0.2, 0.25) is 11.8 Å². The average Bonchev–Trinajstić information content (AvgIpc) is 2.34.